The number of hydrogen-bond donors (Lipinski definition) is 12. The molecule has 7 aliphatic rings. The van der Waals surface area contributed by atoms with Crippen LogP contribution < -0.4 is 65.3 Å². The van der Waals surface area contributed by atoms with E-state index < -0.39 is 11.2 Å². The first kappa shape index (κ1) is 93.4. The molecule has 0 bridgehead atoms. The number of amides is 3. The minimum atomic E-state index is -1.31. The summed E-state index contributed by atoms with van der Waals surface area (Å²) in [5.74, 6) is 8.17. The van der Waals surface area contributed by atoms with Gasteiger partial charge < -0.3 is 79.8 Å². The van der Waals surface area contributed by atoms with E-state index >= 15 is 0 Å². The molecule has 0 aliphatic carbocycles. The minimum Gasteiger partial charge on any atom is -0.398 e. The van der Waals surface area contributed by atoms with Gasteiger partial charge >= 0.3 is 0 Å². The van der Waals surface area contributed by atoms with E-state index in [1.54, 1.807) is 61.3 Å². The number of carbonyl (C=O) groups is 3. The van der Waals surface area contributed by atoms with Gasteiger partial charge in [0, 0.05) is 243 Å². The van der Waals surface area contributed by atoms with Crippen molar-refractivity contribution in [2.75, 3.05) is 112 Å². The molecule has 16 aromatic heterocycles. The van der Waals surface area contributed by atoms with Crippen molar-refractivity contribution in [2.45, 2.75) is 158 Å². The topological polar surface area (TPSA) is 526 Å². The molecule has 41 nitrogen and oxygen atoms in total. The summed E-state index contributed by atoms with van der Waals surface area (Å²) in [5, 5.41) is 45.5. The van der Waals surface area contributed by atoms with Gasteiger partial charge in [-0.3, -0.25) is 52.8 Å². The minimum absolute atomic E-state index is 0.0555. The van der Waals surface area contributed by atoms with Crippen LogP contribution >= 0.6 is 0 Å². The summed E-state index contributed by atoms with van der Waals surface area (Å²) in [5.41, 5.74) is 53.2. The van der Waals surface area contributed by atoms with Gasteiger partial charge in [-0.15, -0.1) is 0 Å². The Morgan fingerprint density at radius 1 is 0.382 bits per heavy atom. The first-order chi connectivity index (χ1) is 69.5. The maximum Gasteiger partial charge on any atom is 0.244 e. The summed E-state index contributed by atoms with van der Waals surface area (Å²) in [7, 11) is 3.61. The van der Waals surface area contributed by atoms with Crippen LogP contribution in [-0.2, 0) is 103 Å². The molecule has 24 rings (SSSR count). The second-order valence-electron chi connectivity index (χ2n) is 37.7. The van der Waals surface area contributed by atoms with Crippen molar-refractivity contribution < 1.29 is 18.6 Å². The van der Waals surface area contributed by atoms with Crippen molar-refractivity contribution in [2.24, 2.45) is 0 Å². The average molecular weight is 1950 g/mol. The number of benzene rings is 1. The van der Waals surface area contributed by atoms with Crippen LogP contribution in [0.1, 0.15) is 108 Å². The Balaban J connectivity index is 0.000000113. The normalized spacial score (nSPS) is 15.4. The van der Waals surface area contributed by atoms with E-state index in [2.05, 4.69) is 131 Å². The third-order valence-electron chi connectivity index (χ3n) is 27.6. The molecule has 1 unspecified atom stereocenters. The van der Waals surface area contributed by atoms with Gasteiger partial charge in [0.1, 0.15) is 72.0 Å². The van der Waals surface area contributed by atoms with Crippen LogP contribution in [0.4, 0.5) is 92.6 Å². The highest BCUT2D eigenvalue weighted by Crippen LogP contribution is 2.41. The van der Waals surface area contributed by atoms with Crippen LogP contribution in [0.25, 0.3) is 88.1 Å². The van der Waals surface area contributed by atoms with E-state index in [0.717, 1.165) is 244 Å². The number of nitrogen functional groups attached to an aromatic ring is 5. The summed E-state index contributed by atoms with van der Waals surface area (Å²) in [6.07, 6.45) is 23.6. The number of likely N-dealkylation sites (N-methyl/N-ethyl adjacent to an activating group) is 1. The quantitative estimate of drug-likeness (QED) is 0.0450. The summed E-state index contributed by atoms with van der Waals surface area (Å²) in [6, 6.07) is 29.9. The van der Waals surface area contributed by atoms with Crippen LogP contribution in [0.15, 0.2) is 147 Å². The Kier molecular flexibility index (Phi) is 25.0. The van der Waals surface area contributed by atoms with E-state index in [9.17, 15) is 18.6 Å². The SMILES string of the molecule is Cc1c(-c2cc3cc(Nc4cc5n(n4)CC(=O)N(C(C)C)CC5)ncc3c(N)n2)cnc2c1NCCC2.Cc1c(-c2cc3cc(Nc4cc5n(n4)CC(=O)N(C)CC5)ncc3c(N)n2)cnc2c1NCCC2.Cc1c(-c2cc3cc(Nc4cc5n(n4)Cc4nccn4CC5)ncc3c(N)n2)cnc2c1NS(=O)N(C)C2.Cc1c(N)cccc1-c1cc2cc(Nc3cc4n(n3)CC(=O)N(C(C)C)CC4)ncc2c(N)n1. The second kappa shape index (κ2) is 38.6. The molecule has 42 heteroatoms. The molecular weight excluding hydrogens is 1840 g/mol. The lowest BCUT2D eigenvalue weighted by Crippen LogP contribution is -2.38. The van der Waals surface area contributed by atoms with Gasteiger partial charge in [-0.2, -0.15) is 20.4 Å². The zero-order valence-corrected chi connectivity index (χ0v) is 82.4. The first-order valence-corrected chi connectivity index (χ1v) is 49.3. The molecule has 0 spiro atoms. The van der Waals surface area contributed by atoms with Crippen LogP contribution in [-0.4, -0.2) is 203 Å². The Labute approximate surface area is 830 Å². The zero-order valence-electron chi connectivity index (χ0n) is 81.6. The maximum atomic E-state index is 12.6. The van der Waals surface area contributed by atoms with Gasteiger partial charge in [0.2, 0.25) is 17.7 Å². The number of aryl methyl sites for hydroxylation is 4. The molecule has 17 aromatic rings. The van der Waals surface area contributed by atoms with Gasteiger partial charge in [0.05, 0.1) is 70.0 Å². The number of pyridine rings is 11. The molecule has 0 saturated carbocycles. The fourth-order valence-corrected chi connectivity index (χ4v) is 20.4. The predicted molar refractivity (Wildman–Crippen MR) is 561 cm³/mol. The van der Waals surface area contributed by atoms with Crippen molar-refractivity contribution in [1.82, 2.24) is 123 Å². The van der Waals surface area contributed by atoms with E-state index in [1.807, 2.05) is 173 Å². The molecule has 23 heterocycles. The summed E-state index contributed by atoms with van der Waals surface area (Å²) >= 11 is -1.31. The molecule has 3 amide bonds. The highest BCUT2D eigenvalue weighted by molar-refractivity contribution is 7.84. The molecule has 0 saturated heterocycles. The molecule has 734 valence electrons. The number of rotatable bonds is 14. The smallest absolute Gasteiger partial charge is 0.244 e. The summed E-state index contributed by atoms with van der Waals surface area (Å²) in [4.78, 5) is 98.0. The lowest BCUT2D eigenvalue weighted by Gasteiger charge is -2.26. The number of nitrogens with one attached hydrogen (secondary N) is 7. The number of carbonyl (C=O) groups excluding carboxylic acids is 3. The molecule has 1 aromatic carbocycles. The standard InChI is InChI=1S/C27H31N9O.C25H25N11OS.C25H27N9O.C25H28N8O/c1-15(2)35-8-6-18-11-24(34-36(18)14-25(35)37)33-23-10-17-9-22(32-27(28)20(17)13-31-23)19-12-30-21-5-4-7-29-26(21)16(19)3;1-14-17(10-28-20-12-34(2)38(37)33-24(14)20)19-7-15-8-21(29-11-18(15)25(26)30-19)31-22-9-16-3-5-35-6-4-27-23(35)13-36(16)32-22;1-14-17(11-28-19-4-3-6-27-24(14)19)20-8-15-9-21(29-12-18(15)25(26)30-20)31-22-10-16-5-7-33(2)23(35)13-34(16)32-22;1-14(2)32-8-7-17-11-23(31-33(17)13-24(32)34)30-22-10-16-9-21(29-25(27)19(16)12-28-22)18-5-4-6-20(26)15(18)3/h9-13,15,29H,4-8,14H2,1-3H3,(H2,28,32)(H,31,33,34);4,6-11,33H,3,5,12-13H2,1-2H3,(H2,26,30)(H,29,31,32);8-12,27H,3-7,13H2,1-2H3,(H2,26,30)(H,29,31,32);4-6,9-12,14H,7-8,13,26H2,1-3H3,(H2,27,29)(H,28,30,31). The third kappa shape index (κ3) is 18.8. The Morgan fingerprint density at radius 2 is 0.757 bits per heavy atom. The lowest BCUT2D eigenvalue weighted by atomic mass is 9.99. The Hall–Kier alpha value is -16.9. The zero-order chi connectivity index (χ0) is 99.7. The van der Waals surface area contributed by atoms with Crippen molar-refractivity contribution in [3.63, 3.8) is 0 Å². The van der Waals surface area contributed by atoms with Crippen LogP contribution in [0.2, 0.25) is 0 Å². The number of nitrogens with zero attached hydrogens (tertiary/aromatic N) is 25. The van der Waals surface area contributed by atoms with Crippen molar-refractivity contribution in [3.05, 3.63) is 215 Å². The largest absolute Gasteiger partial charge is 0.398 e. The van der Waals surface area contributed by atoms with E-state index in [0.29, 0.717) is 108 Å². The van der Waals surface area contributed by atoms with Crippen molar-refractivity contribution >= 4 is 165 Å². The van der Waals surface area contributed by atoms with E-state index in [4.69, 9.17) is 38.8 Å². The number of fused-ring (bicyclic) bond motifs is 12. The highest BCUT2D eigenvalue weighted by atomic mass is 32.2. The number of nitrogens with two attached hydrogens (primary N) is 5. The number of hydrogen-bond acceptors (Lipinski definition) is 31. The molecular formula is C102H111N37O4S. The maximum absolute atomic E-state index is 12.6. The Bertz CT molecular complexity index is 8010. The van der Waals surface area contributed by atoms with E-state index in [-0.39, 0.29) is 49.4 Å². The van der Waals surface area contributed by atoms with Crippen molar-refractivity contribution in [3.8, 4) is 45.0 Å². The van der Waals surface area contributed by atoms with Gasteiger partial charge in [-0.05, 0) is 179 Å². The third-order valence-corrected chi connectivity index (χ3v) is 28.7. The molecule has 144 heavy (non-hydrogen) atoms. The fourth-order valence-electron chi connectivity index (χ4n) is 19.6. The van der Waals surface area contributed by atoms with Crippen molar-refractivity contribution in [1.29, 1.82) is 0 Å². The molecule has 1 atom stereocenters. The number of anilines is 16. The first-order valence-electron chi connectivity index (χ1n) is 48.2. The highest BCUT2D eigenvalue weighted by Gasteiger charge is 2.31. The van der Waals surface area contributed by atoms with Gasteiger partial charge in [0.25, 0.3) is 0 Å². The van der Waals surface area contributed by atoms with Gasteiger partial charge in [-0.1, -0.05) is 12.1 Å². The lowest BCUT2D eigenvalue weighted by molar-refractivity contribution is -0.134. The van der Waals surface area contributed by atoms with Gasteiger partial charge in [0.15, 0.2) is 34.4 Å². The number of aromatic nitrogens is 21. The second-order valence-corrected chi connectivity index (χ2v) is 39.1. The molecule has 0 radical (unpaired) electrons. The molecule has 7 aliphatic heterocycles. The Morgan fingerprint density at radius 3 is 1.17 bits per heavy atom. The summed E-state index contributed by atoms with van der Waals surface area (Å²) < 4.78 is 26.6. The van der Waals surface area contributed by atoms with Crippen LogP contribution in [0, 0.1) is 27.7 Å². The molecule has 17 N–H and O–H groups in total. The van der Waals surface area contributed by atoms with Crippen LogP contribution in [0.5, 0.6) is 0 Å². The van der Waals surface area contributed by atoms with Crippen LogP contribution in [0.3, 0.4) is 0 Å². The summed E-state index contributed by atoms with van der Waals surface area (Å²) in [6.45, 7) is 23.0. The predicted octanol–water partition coefficient (Wildman–Crippen LogP) is 12.8. The van der Waals surface area contributed by atoms with E-state index in [1.165, 1.54) is 0 Å². The fraction of sp³-hybridized carbons (Fsp3) is 0.304. The molecule has 0 fully saturated rings. The average Bonchev–Trinajstić information content (AvgIpc) is 1.14. The van der Waals surface area contributed by atoms with Gasteiger partial charge in [-0.25, -0.2) is 53.4 Å². The number of imidazole rings is 1. The monoisotopic (exact) mass is 1950 g/mol.